The average Bonchev–Trinajstić information content (AvgIpc) is 2.83. The number of nitrogens with one attached hydrogen (secondary N) is 1. The quantitative estimate of drug-likeness (QED) is 0.802. The van der Waals surface area contributed by atoms with E-state index in [2.05, 4.69) is 40.5 Å². The van der Waals surface area contributed by atoms with E-state index in [0.29, 0.717) is 0 Å². The third-order valence-corrected chi connectivity index (χ3v) is 3.88. The molecule has 5 heteroatoms. The van der Waals surface area contributed by atoms with E-state index in [1.54, 1.807) is 10.9 Å². The van der Waals surface area contributed by atoms with Crippen molar-refractivity contribution in [1.29, 1.82) is 0 Å². The molecule has 2 heterocycles. The molecule has 0 saturated heterocycles. The minimum atomic E-state index is -0.0582. The highest BCUT2D eigenvalue weighted by atomic mass is 16.2. The molecule has 1 N–H and O–H groups in total. The maximum atomic E-state index is 12.1. The molecule has 0 fully saturated rings. The first-order valence-electron chi connectivity index (χ1n) is 8.14. The van der Waals surface area contributed by atoms with E-state index in [-0.39, 0.29) is 18.5 Å². The lowest BCUT2D eigenvalue weighted by molar-refractivity contribution is -0.122. The molecule has 5 nitrogen and oxygen atoms in total. The molecule has 0 spiro atoms. The molecule has 0 aliphatic rings. The number of amides is 1. The maximum absolute atomic E-state index is 12.1. The molecule has 3 rings (SSSR count). The Morgan fingerprint density at radius 1 is 1.25 bits per heavy atom. The van der Waals surface area contributed by atoms with Crippen LogP contribution in [0.25, 0.3) is 22.2 Å². The number of rotatable bonds is 4. The van der Waals surface area contributed by atoms with Gasteiger partial charge in [0.1, 0.15) is 6.54 Å². The Bertz CT molecular complexity index is 896. The molecule has 0 aliphatic heterocycles. The molecule has 0 bridgehead atoms. The van der Waals surface area contributed by atoms with Crippen LogP contribution in [0.1, 0.15) is 25.1 Å². The molecule has 24 heavy (non-hydrogen) atoms. The Kier molecular flexibility index (Phi) is 4.34. The Labute approximate surface area is 141 Å². The number of benzene rings is 1. The third-order valence-electron chi connectivity index (χ3n) is 3.88. The first kappa shape index (κ1) is 16.2. The lowest BCUT2D eigenvalue weighted by Crippen LogP contribution is -2.33. The molecule has 2 aromatic heterocycles. The number of hydrogen-bond acceptors (Lipinski definition) is 3. The smallest absolute Gasteiger partial charge is 0.242 e. The normalized spacial score (nSPS) is 11.2. The van der Waals surface area contributed by atoms with Crippen LogP contribution < -0.4 is 5.32 Å². The Hall–Kier alpha value is -2.69. The number of nitrogens with zero attached hydrogens (tertiary/aromatic N) is 3. The predicted octanol–water partition coefficient (Wildman–Crippen LogP) is 3.24. The van der Waals surface area contributed by atoms with E-state index < -0.39 is 0 Å². The number of pyridine rings is 1. The first-order valence-corrected chi connectivity index (χ1v) is 8.14. The van der Waals surface area contributed by atoms with E-state index in [4.69, 9.17) is 0 Å². The van der Waals surface area contributed by atoms with Gasteiger partial charge in [0, 0.05) is 17.6 Å². The van der Waals surface area contributed by atoms with Crippen LogP contribution in [0, 0.1) is 13.8 Å². The van der Waals surface area contributed by atoms with E-state index in [0.717, 1.165) is 27.9 Å². The van der Waals surface area contributed by atoms with Gasteiger partial charge in [-0.2, -0.15) is 5.10 Å². The van der Waals surface area contributed by atoms with Crippen molar-refractivity contribution in [2.24, 2.45) is 0 Å². The molecule has 1 aromatic carbocycles. The first-order chi connectivity index (χ1) is 11.5. The standard InChI is InChI=1S/C19H22N4O/c1-12(2)21-17(24)11-23-19-18(14(4)22-23)16(8-9-20-19)15-7-5-6-13(3)10-15/h5-10,12H,11H2,1-4H3,(H,21,24). The van der Waals surface area contributed by atoms with Gasteiger partial charge < -0.3 is 5.32 Å². The lowest BCUT2D eigenvalue weighted by Gasteiger charge is -2.09. The van der Waals surface area contributed by atoms with Gasteiger partial charge in [-0.15, -0.1) is 0 Å². The molecule has 3 aromatic rings. The van der Waals surface area contributed by atoms with Crippen LogP contribution in [0.2, 0.25) is 0 Å². The van der Waals surface area contributed by atoms with Crippen molar-refractivity contribution in [3.63, 3.8) is 0 Å². The molecule has 124 valence electrons. The van der Waals surface area contributed by atoms with Crippen LogP contribution in [-0.2, 0) is 11.3 Å². The molecular formula is C19H22N4O. The zero-order valence-electron chi connectivity index (χ0n) is 14.5. The van der Waals surface area contributed by atoms with Crippen molar-refractivity contribution in [1.82, 2.24) is 20.1 Å². The summed E-state index contributed by atoms with van der Waals surface area (Å²) in [6, 6.07) is 10.5. The fraction of sp³-hybridized carbons (Fsp3) is 0.316. The number of aryl methyl sites for hydroxylation is 2. The third kappa shape index (κ3) is 3.15. The van der Waals surface area contributed by atoms with Crippen molar-refractivity contribution in [3.8, 4) is 11.1 Å². The zero-order chi connectivity index (χ0) is 17.3. The van der Waals surface area contributed by atoms with E-state index in [1.165, 1.54) is 5.56 Å². The van der Waals surface area contributed by atoms with Gasteiger partial charge in [-0.05, 0) is 44.9 Å². The topological polar surface area (TPSA) is 59.8 Å². The summed E-state index contributed by atoms with van der Waals surface area (Å²) in [7, 11) is 0. The minimum absolute atomic E-state index is 0.0582. The fourth-order valence-electron chi connectivity index (χ4n) is 2.95. The number of carbonyl (C=O) groups excluding carboxylic acids is 1. The SMILES string of the molecule is Cc1cccc(-c2ccnc3c2c(C)nn3CC(=O)NC(C)C)c1. The van der Waals surface area contributed by atoms with Gasteiger partial charge in [0.15, 0.2) is 5.65 Å². The van der Waals surface area contributed by atoms with E-state index in [9.17, 15) is 4.79 Å². The molecule has 0 saturated carbocycles. The van der Waals surface area contributed by atoms with Crippen LogP contribution in [0.4, 0.5) is 0 Å². The summed E-state index contributed by atoms with van der Waals surface area (Å²) in [5.41, 5.74) is 5.06. The highest BCUT2D eigenvalue weighted by Gasteiger charge is 2.16. The molecule has 1 amide bonds. The van der Waals surface area contributed by atoms with E-state index in [1.807, 2.05) is 32.9 Å². The summed E-state index contributed by atoms with van der Waals surface area (Å²) in [5.74, 6) is -0.0582. The summed E-state index contributed by atoms with van der Waals surface area (Å²) in [6.45, 7) is 8.10. The van der Waals surface area contributed by atoms with Gasteiger partial charge in [0.25, 0.3) is 0 Å². The Balaban J connectivity index is 2.07. The number of aromatic nitrogens is 3. The summed E-state index contributed by atoms with van der Waals surface area (Å²) >= 11 is 0. The highest BCUT2D eigenvalue weighted by molar-refractivity contribution is 5.95. The van der Waals surface area contributed by atoms with Gasteiger partial charge in [-0.25, -0.2) is 9.67 Å². The van der Waals surface area contributed by atoms with Gasteiger partial charge in [-0.3, -0.25) is 4.79 Å². The van der Waals surface area contributed by atoms with Gasteiger partial charge in [0.2, 0.25) is 5.91 Å². The summed E-state index contributed by atoms with van der Waals surface area (Å²) in [5, 5.41) is 8.43. The van der Waals surface area contributed by atoms with Crippen LogP contribution >= 0.6 is 0 Å². The summed E-state index contributed by atoms with van der Waals surface area (Å²) < 4.78 is 1.68. The Morgan fingerprint density at radius 3 is 2.75 bits per heavy atom. The highest BCUT2D eigenvalue weighted by Crippen LogP contribution is 2.30. The molecule has 0 radical (unpaired) electrons. The van der Waals surface area contributed by atoms with Crippen LogP contribution in [0.3, 0.4) is 0 Å². The van der Waals surface area contributed by atoms with Crippen LogP contribution in [0.5, 0.6) is 0 Å². The second-order valence-corrected chi connectivity index (χ2v) is 6.39. The fourth-order valence-corrected chi connectivity index (χ4v) is 2.95. The van der Waals surface area contributed by atoms with Gasteiger partial charge in [0.05, 0.1) is 5.69 Å². The largest absolute Gasteiger partial charge is 0.352 e. The number of carbonyl (C=O) groups is 1. The van der Waals surface area contributed by atoms with Crippen molar-refractivity contribution >= 4 is 16.9 Å². The summed E-state index contributed by atoms with van der Waals surface area (Å²) in [6.07, 6.45) is 1.78. The minimum Gasteiger partial charge on any atom is -0.352 e. The van der Waals surface area contributed by atoms with Crippen LogP contribution in [0.15, 0.2) is 36.5 Å². The number of hydrogen-bond donors (Lipinski definition) is 1. The predicted molar refractivity (Wildman–Crippen MR) is 95.7 cm³/mol. The molecular weight excluding hydrogens is 300 g/mol. The van der Waals surface area contributed by atoms with Gasteiger partial charge >= 0.3 is 0 Å². The lowest BCUT2D eigenvalue weighted by atomic mass is 10.0. The van der Waals surface area contributed by atoms with Crippen molar-refractivity contribution in [2.75, 3.05) is 0 Å². The molecule has 0 aliphatic carbocycles. The monoisotopic (exact) mass is 322 g/mol. The number of fused-ring (bicyclic) bond motifs is 1. The second-order valence-electron chi connectivity index (χ2n) is 6.39. The zero-order valence-corrected chi connectivity index (χ0v) is 14.5. The van der Waals surface area contributed by atoms with Crippen LogP contribution in [-0.4, -0.2) is 26.7 Å². The molecule has 0 unspecified atom stereocenters. The van der Waals surface area contributed by atoms with Crippen molar-refractivity contribution in [3.05, 3.63) is 47.8 Å². The van der Waals surface area contributed by atoms with Crippen molar-refractivity contribution < 1.29 is 4.79 Å². The van der Waals surface area contributed by atoms with Crippen molar-refractivity contribution in [2.45, 2.75) is 40.3 Å². The maximum Gasteiger partial charge on any atom is 0.242 e. The average molecular weight is 322 g/mol. The summed E-state index contributed by atoms with van der Waals surface area (Å²) in [4.78, 5) is 16.5. The molecule has 0 atom stereocenters. The van der Waals surface area contributed by atoms with Gasteiger partial charge in [-0.1, -0.05) is 29.8 Å². The Morgan fingerprint density at radius 2 is 2.04 bits per heavy atom. The second kappa shape index (κ2) is 6.43. The van der Waals surface area contributed by atoms with E-state index >= 15 is 0 Å².